The van der Waals surface area contributed by atoms with Crippen molar-refractivity contribution in [1.29, 1.82) is 0 Å². The van der Waals surface area contributed by atoms with Gasteiger partial charge in [-0.3, -0.25) is 19.2 Å². The van der Waals surface area contributed by atoms with Gasteiger partial charge in [0.25, 0.3) is 0 Å². The Hall–Kier alpha value is -3.70. The second kappa shape index (κ2) is 18.1. The van der Waals surface area contributed by atoms with Gasteiger partial charge in [0.2, 0.25) is 23.6 Å². The molecule has 2 heterocycles. The number of carbonyl (C=O) groups excluding carboxylic acids is 4. The molecule has 2 fully saturated rings. The number of hydrogen-bond acceptors (Lipinski definition) is 8. The molecule has 2 saturated carbocycles. The van der Waals surface area contributed by atoms with E-state index in [0.717, 1.165) is 11.8 Å². The number of pyridine rings is 2. The van der Waals surface area contributed by atoms with Crippen LogP contribution in [0.15, 0.2) is 24.3 Å². The fourth-order valence-electron chi connectivity index (χ4n) is 3.51. The first-order valence-electron chi connectivity index (χ1n) is 12.9. The van der Waals surface area contributed by atoms with Crippen molar-refractivity contribution in [3.05, 3.63) is 87.5 Å². The summed E-state index contributed by atoms with van der Waals surface area (Å²) < 4.78 is 11.3. The van der Waals surface area contributed by atoms with Gasteiger partial charge in [-0.2, -0.15) is 0 Å². The summed E-state index contributed by atoms with van der Waals surface area (Å²) in [6, 6.07) is 6.43. The van der Waals surface area contributed by atoms with E-state index in [1.165, 1.54) is 27.7 Å². The zero-order chi connectivity index (χ0) is 30.5. The van der Waals surface area contributed by atoms with Crippen molar-refractivity contribution >= 4 is 46.9 Å². The Morgan fingerprint density at radius 1 is 0.535 bits per heavy atom. The third-order valence-corrected chi connectivity index (χ3v) is 5.09. The molecule has 0 atom stereocenters. The van der Waals surface area contributed by atoms with Crippen LogP contribution in [0, 0.1) is 63.2 Å². The molecule has 43 heavy (non-hydrogen) atoms. The molecule has 0 aliphatic heterocycles. The SMILES string of the molecule is CC(=O)Nc1cc(OC[C]2[CH][CH][CH][CH]2)cc(NC(C)=O)n1.CC(=O)Nc1cc(OC[C]2[CH][CH][CH][CH]2)cc(NC(C)=O)n1.[Fe+2]. The maximum Gasteiger partial charge on any atom is 2.00 e. The molecule has 0 spiro atoms. The zero-order valence-electron chi connectivity index (χ0n) is 24.0. The van der Waals surface area contributed by atoms with Crippen LogP contribution in [0.3, 0.4) is 0 Å². The monoisotopic (exact) mass is 628 g/mol. The molecule has 2 aromatic rings. The number of ether oxygens (including phenoxy) is 2. The average Bonchev–Trinajstić information content (AvgIpc) is 3.59. The van der Waals surface area contributed by atoms with Crippen molar-refractivity contribution in [3.63, 3.8) is 0 Å². The first-order chi connectivity index (χ1) is 20.0. The Morgan fingerprint density at radius 2 is 0.791 bits per heavy atom. The molecule has 0 aromatic carbocycles. The van der Waals surface area contributed by atoms with E-state index in [4.69, 9.17) is 9.47 Å². The molecular weight excluding hydrogens is 596 g/mol. The number of aromatic nitrogens is 2. The van der Waals surface area contributed by atoms with Crippen LogP contribution in [0.25, 0.3) is 0 Å². The van der Waals surface area contributed by atoms with Crippen molar-refractivity contribution in [3.8, 4) is 11.5 Å². The second-order valence-electron chi connectivity index (χ2n) is 9.04. The van der Waals surface area contributed by atoms with Crippen LogP contribution in [-0.2, 0) is 36.2 Å². The Kier molecular flexibility index (Phi) is 14.9. The minimum Gasteiger partial charge on any atom is -0.493 e. The van der Waals surface area contributed by atoms with E-state index in [9.17, 15) is 19.2 Å². The van der Waals surface area contributed by atoms with Crippen LogP contribution in [0.5, 0.6) is 11.5 Å². The largest absolute Gasteiger partial charge is 2.00 e. The van der Waals surface area contributed by atoms with Gasteiger partial charge in [0.15, 0.2) is 0 Å². The predicted molar refractivity (Wildman–Crippen MR) is 158 cm³/mol. The van der Waals surface area contributed by atoms with Crippen LogP contribution in [0.1, 0.15) is 27.7 Å². The predicted octanol–water partition coefficient (Wildman–Crippen LogP) is 3.56. The Balaban J connectivity index is 0.000000293. The van der Waals surface area contributed by atoms with Crippen LogP contribution in [0.4, 0.5) is 23.3 Å². The van der Waals surface area contributed by atoms with Crippen LogP contribution >= 0.6 is 0 Å². The smallest absolute Gasteiger partial charge is 0.493 e. The Bertz CT molecular complexity index is 1080. The van der Waals surface area contributed by atoms with Crippen molar-refractivity contribution in [2.24, 2.45) is 0 Å². The maximum absolute atomic E-state index is 11.1. The summed E-state index contributed by atoms with van der Waals surface area (Å²) in [7, 11) is 0. The van der Waals surface area contributed by atoms with Crippen molar-refractivity contribution in [2.75, 3.05) is 34.5 Å². The number of rotatable bonds is 10. The molecule has 13 heteroatoms. The number of carbonyl (C=O) groups is 4. The van der Waals surface area contributed by atoms with Gasteiger partial charge in [-0.1, -0.05) is 0 Å². The van der Waals surface area contributed by atoms with Gasteiger partial charge in [-0.15, -0.1) is 0 Å². The minimum absolute atomic E-state index is 0. The molecule has 224 valence electrons. The molecule has 4 rings (SSSR count). The van der Waals surface area contributed by atoms with Gasteiger partial charge in [-0.05, 0) is 51.4 Å². The van der Waals surface area contributed by atoms with Crippen LogP contribution in [0.2, 0.25) is 0 Å². The van der Waals surface area contributed by atoms with E-state index < -0.39 is 0 Å². The molecule has 2 aliphatic rings. The molecule has 2 aliphatic carbocycles. The van der Waals surface area contributed by atoms with E-state index >= 15 is 0 Å². The number of nitrogens with one attached hydrogen (secondary N) is 4. The number of nitrogens with zero attached hydrogens (tertiary/aromatic N) is 2. The van der Waals surface area contributed by atoms with E-state index in [1.807, 2.05) is 51.4 Å². The van der Waals surface area contributed by atoms with E-state index in [1.54, 1.807) is 24.3 Å². The fraction of sp³-hybridized carbons (Fsp3) is 0.200. The van der Waals surface area contributed by atoms with E-state index in [2.05, 4.69) is 31.2 Å². The summed E-state index contributed by atoms with van der Waals surface area (Å²) in [5.41, 5.74) is 0. The average molecular weight is 628 g/mol. The standard InChI is InChI=1S/2C15H16N3O3.Fe/c2*1-10(19)16-14-7-13(8-15(18-14)17-11(2)20)21-9-12-5-3-4-6-12;/h2*3-8H,9H2,1-2H3,(H2,16,17,18,19,20);/q;;+2. The maximum atomic E-state index is 11.1. The summed E-state index contributed by atoms with van der Waals surface area (Å²) in [4.78, 5) is 52.7. The normalized spacial score (nSPS) is 14.4. The third-order valence-electron chi connectivity index (χ3n) is 5.09. The first kappa shape index (κ1) is 35.5. The summed E-state index contributed by atoms with van der Waals surface area (Å²) in [5.74, 6) is 3.41. The van der Waals surface area contributed by atoms with Gasteiger partial charge < -0.3 is 30.7 Å². The minimum atomic E-state index is -0.246. The zero-order valence-corrected chi connectivity index (χ0v) is 25.1. The molecule has 12 nitrogen and oxygen atoms in total. The summed E-state index contributed by atoms with van der Waals surface area (Å²) in [6.07, 6.45) is 15.5. The second-order valence-corrected chi connectivity index (χ2v) is 9.04. The summed E-state index contributed by atoms with van der Waals surface area (Å²) in [5, 5.41) is 10.3. The first-order valence-corrected chi connectivity index (χ1v) is 12.9. The van der Waals surface area contributed by atoms with Gasteiger partial charge in [0.1, 0.15) is 34.8 Å². The molecule has 0 saturated heterocycles. The van der Waals surface area contributed by atoms with Crippen molar-refractivity contribution < 1.29 is 45.7 Å². The summed E-state index contributed by atoms with van der Waals surface area (Å²) in [6.45, 7) is 6.34. The number of amides is 4. The fourth-order valence-corrected chi connectivity index (χ4v) is 3.51. The van der Waals surface area contributed by atoms with Gasteiger partial charge >= 0.3 is 17.1 Å². The van der Waals surface area contributed by atoms with Crippen LogP contribution in [-0.4, -0.2) is 46.8 Å². The quantitative estimate of drug-likeness (QED) is 0.291. The number of hydrogen-bond donors (Lipinski definition) is 4. The third kappa shape index (κ3) is 13.9. The van der Waals surface area contributed by atoms with E-state index in [-0.39, 0.29) is 40.7 Å². The van der Waals surface area contributed by atoms with Gasteiger partial charge in [0.05, 0.1) is 13.2 Å². The molecule has 0 unspecified atom stereocenters. The molecule has 4 amide bonds. The molecular formula is C30H32FeN6O6+2. The summed E-state index contributed by atoms with van der Waals surface area (Å²) >= 11 is 0. The molecule has 0 bridgehead atoms. The topological polar surface area (TPSA) is 161 Å². The van der Waals surface area contributed by atoms with E-state index in [0.29, 0.717) is 48.0 Å². The van der Waals surface area contributed by atoms with Crippen LogP contribution < -0.4 is 30.7 Å². The van der Waals surface area contributed by atoms with Crippen molar-refractivity contribution in [1.82, 2.24) is 9.97 Å². The van der Waals surface area contributed by atoms with Gasteiger partial charge in [-0.25, -0.2) is 9.97 Å². The Morgan fingerprint density at radius 3 is 1.02 bits per heavy atom. The molecule has 4 N–H and O–H groups in total. The Labute approximate surface area is 263 Å². The van der Waals surface area contributed by atoms with Gasteiger partial charge in [0, 0.05) is 63.8 Å². The molecule has 10 radical (unpaired) electrons. The number of anilines is 4. The molecule has 2 aromatic heterocycles. The van der Waals surface area contributed by atoms with Crippen molar-refractivity contribution in [2.45, 2.75) is 27.7 Å².